The van der Waals surface area contributed by atoms with Gasteiger partial charge in [-0.05, 0) is 31.2 Å². The smallest absolute Gasteiger partial charge is 0.344 e. The lowest BCUT2D eigenvalue weighted by molar-refractivity contribution is 0.0529. The monoisotopic (exact) mass is 390 g/mol. The fourth-order valence-electron chi connectivity index (χ4n) is 3.50. The molecule has 0 spiro atoms. The van der Waals surface area contributed by atoms with Gasteiger partial charge < -0.3 is 19.9 Å². The zero-order valence-electron chi connectivity index (χ0n) is 15.7. The van der Waals surface area contributed by atoms with E-state index < -0.39 is 5.97 Å². The summed E-state index contributed by atoms with van der Waals surface area (Å²) in [5.74, 6) is 0.958. The molecule has 0 saturated heterocycles. The van der Waals surface area contributed by atoms with Gasteiger partial charge in [-0.1, -0.05) is 12.1 Å². The molecule has 8 heteroatoms. The minimum absolute atomic E-state index is 0.204. The van der Waals surface area contributed by atoms with Crippen LogP contribution in [0.1, 0.15) is 17.3 Å². The Labute approximate surface area is 165 Å². The van der Waals surface area contributed by atoms with Crippen LogP contribution in [0, 0.1) is 0 Å². The van der Waals surface area contributed by atoms with Crippen LogP contribution >= 0.6 is 0 Å². The predicted molar refractivity (Wildman–Crippen MR) is 108 cm³/mol. The van der Waals surface area contributed by atoms with Crippen LogP contribution in [0.5, 0.6) is 11.5 Å². The number of benzene rings is 2. The maximum Gasteiger partial charge on any atom is 0.344 e. The number of aromatic nitrogens is 3. The molecule has 2 N–H and O–H groups in total. The SMILES string of the molecule is CCOC(=O)c1c(N)n(-c2ccc3c(c2)OCCO3)c2nc3ccccc3nc12. The number of esters is 1. The summed E-state index contributed by atoms with van der Waals surface area (Å²) >= 11 is 0. The van der Waals surface area contributed by atoms with Crippen molar-refractivity contribution in [2.45, 2.75) is 6.92 Å². The Bertz CT molecular complexity index is 1260. The normalized spacial score (nSPS) is 13.0. The van der Waals surface area contributed by atoms with Crippen LogP contribution < -0.4 is 15.2 Å². The van der Waals surface area contributed by atoms with E-state index in [1.165, 1.54) is 0 Å². The van der Waals surface area contributed by atoms with E-state index in [-0.39, 0.29) is 18.0 Å². The molecule has 29 heavy (non-hydrogen) atoms. The first-order valence-corrected chi connectivity index (χ1v) is 9.31. The molecule has 1 aliphatic rings. The molecule has 8 nitrogen and oxygen atoms in total. The lowest BCUT2D eigenvalue weighted by Gasteiger charge is -2.19. The standard InChI is InChI=1S/C21H18N4O4/c1-2-27-21(26)17-18-20(24-14-6-4-3-5-13(14)23-18)25(19(17)22)12-7-8-15-16(11-12)29-10-9-28-15/h3-8,11H,2,9-10,22H2,1H3. The zero-order valence-corrected chi connectivity index (χ0v) is 15.7. The number of rotatable bonds is 3. The molecule has 0 amide bonds. The number of nitrogens with two attached hydrogens (primary N) is 1. The number of nitrogen functional groups attached to an aromatic ring is 1. The number of anilines is 1. The lowest BCUT2D eigenvalue weighted by atomic mass is 10.2. The topological polar surface area (TPSA) is 101 Å². The molecule has 0 saturated carbocycles. The number of nitrogens with zero attached hydrogens (tertiary/aromatic N) is 3. The molecular formula is C21H18N4O4. The molecule has 1 aliphatic heterocycles. The van der Waals surface area contributed by atoms with Gasteiger partial charge in [0.15, 0.2) is 17.1 Å². The van der Waals surface area contributed by atoms with Crippen molar-refractivity contribution in [3.8, 4) is 17.2 Å². The van der Waals surface area contributed by atoms with E-state index in [0.717, 1.165) is 0 Å². The fourth-order valence-corrected chi connectivity index (χ4v) is 3.50. The summed E-state index contributed by atoms with van der Waals surface area (Å²) in [5.41, 5.74) is 9.57. The van der Waals surface area contributed by atoms with Crippen LogP contribution in [0.25, 0.3) is 27.9 Å². The molecule has 2 aromatic heterocycles. The van der Waals surface area contributed by atoms with Crippen LogP contribution in [-0.2, 0) is 4.74 Å². The Hall–Kier alpha value is -3.81. The third-order valence-electron chi connectivity index (χ3n) is 4.76. The Morgan fingerprint density at radius 1 is 1.10 bits per heavy atom. The first-order valence-electron chi connectivity index (χ1n) is 9.31. The number of para-hydroxylation sites is 2. The summed E-state index contributed by atoms with van der Waals surface area (Å²) in [4.78, 5) is 22.1. The molecule has 0 radical (unpaired) electrons. The quantitative estimate of drug-likeness (QED) is 0.536. The number of hydrogen-bond donors (Lipinski definition) is 1. The van der Waals surface area contributed by atoms with Crippen LogP contribution in [0.4, 0.5) is 5.82 Å². The summed E-state index contributed by atoms with van der Waals surface area (Å²) in [7, 11) is 0. The number of fused-ring (bicyclic) bond motifs is 3. The van der Waals surface area contributed by atoms with Crippen molar-refractivity contribution in [3.63, 3.8) is 0 Å². The van der Waals surface area contributed by atoms with E-state index in [1.54, 1.807) is 11.5 Å². The van der Waals surface area contributed by atoms with Crippen LogP contribution in [-0.4, -0.2) is 40.3 Å². The zero-order chi connectivity index (χ0) is 20.0. The van der Waals surface area contributed by atoms with E-state index in [1.807, 2.05) is 42.5 Å². The van der Waals surface area contributed by atoms with Crippen LogP contribution in [0.3, 0.4) is 0 Å². The third kappa shape index (κ3) is 2.72. The second-order valence-corrected chi connectivity index (χ2v) is 6.53. The predicted octanol–water partition coefficient (Wildman–Crippen LogP) is 3.10. The van der Waals surface area contributed by atoms with Gasteiger partial charge in [-0.2, -0.15) is 0 Å². The second-order valence-electron chi connectivity index (χ2n) is 6.53. The van der Waals surface area contributed by atoms with Crippen molar-refractivity contribution in [2.75, 3.05) is 25.6 Å². The molecule has 0 atom stereocenters. The molecule has 2 aromatic carbocycles. The molecular weight excluding hydrogens is 372 g/mol. The highest BCUT2D eigenvalue weighted by molar-refractivity contribution is 6.09. The average Bonchev–Trinajstić information content (AvgIpc) is 3.02. The number of hydrogen-bond acceptors (Lipinski definition) is 7. The third-order valence-corrected chi connectivity index (χ3v) is 4.76. The Morgan fingerprint density at radius 3 is 2.59 bits per heavy atom. The molecule has 0 aliphatic carbocycles. The maximum atomic E-state index is 12.7. The van der Waals surface area contributed by atoms with Gasteiger partial charge in [0.05, 0.1) is 23.3 Å². The molecule has 4 aromatic rings. The van der Waals surface area contributed by atoms with Gasteiger partial charge in [0, 0.05) is 6.07 Å². The Morgan fingerprint density at radius 2 is 1.83 bits per heavy atom. The molecule has 0 fully saturated rings. The average molecular weight is 390 g/mol. The van der Waals surface area contributed by atoms with Gasteiger partial charge in [-0.25, -0.2) is 14.8 Å². The van der Waals surface area contributed by atoms with Gasteiger partial charge in [-0.3, -0.25) is 4.57 Å². The Balaban J connectivity index is 1.81. The lowest BCUT2D eigenvalue weighted by Crippen LogP contribution is -2.15. The minimum atomic E-state index is -0.532. The molecule has 0 unspecified atom stereocenters. The van der Waals surface area contributed by atoms with E-state index in [4.69, 9.17) is 24.9 Å². The van der Waals surface area contributed by atoms with Crippen molar-refractivity contribution in [2.24, 2.45) is 0 Å². The van der Waals surface area contributed by atoms with Crippen LogP contribution in [0.2, 0.25) is 0 Å². The van der Waals surface area contributed by atoms with Crippen molar-refractivity contribution >= 4 is 34.0 Å². The van der Waals surface area contributed by atoms with Crippen molar-refractivity contribution in [3.05, 3.63) is 48.0 Å². The van der Waals surface area contributed by atoms with E-state index >= 15 is 0 Å². The highest BCUT2D eigenvalue weighted by Crippen LogP contribution is 2.36. The first kappa shape index (κ1) is 17.3. The largest absolute Gasteiger partial charge is 0.486 e. The molecule has 3 heterocycles. The highest BCUT2D eigenvalue weighted by Gasteiger charge is 2.26. The van der Waals surface area contributed by atoms with Gasteiger partial charge in [0.1, 0.15) is 30.1 Å². The number of carbonyl (C=O) groups excluding carboxylic acids is 1. The van der Waals surface area contributed by atoms with Crippen LogP contribution in [0.15, 0.2) is 42.5 Å². The van der Waals surface area contributed by atoms with Crippen molar-refractivity contribution < 1.29 is 19.0 Å². The second kappa shape index (κ2) is 6.66. The van der Waals surface area contributed by atoms with E-state index in [2.05, 4.69) is 4.98 Å². The fraction of sp³-hybridized carbons (Fsp3) is 0.190. The van der Waals surface area contributed by atoms with Gasteiger partial charge in [-0.15, -0.1) is 0 Å². The summed E-state index contributed by atoms with van der Waals surface area (Å²) in [6.07, 6.45) is 0. The van der Waals surface area contributed by atoms with E-state index in [9.17, 15) is 4.79 Å². The highest BCUT2D eigenvalue weighted by atomic mass is 16.6. The molecule has 0 bridgehead atoms. The van der Waals surface area contributed by atoms with Gasteiger partial charge in [0.2, 0.25) is 0 Å². The summed E-state index contributed by atoms with van der Waals surface area (Å²) < 4.78 is 18.2. The first-order chi connectivity index (χ1) is 14.2. The van der Waals surface area contributed by atoms with Crippen molar-refractivity contribution in [1.82, 2.24) is 14.5 Å². The summed E-state index contributed by atoms with van der Waals surface area (Å²) in [6.45, 7) is 2.95. The molecule has 146 valence electrons. The van der Waals surface area contributed by atoms with Gasteiger partial charge in [0.25, 0.3) is 0 Å². The minimum Gasteiger partial charge on any atom is -0.486 e. The summed E-state index contributed by atoms with van der Waals surface area (Å²) in [5, 5.41) is 0. The Kier molecular flexibility index (Phi) is 3.97. The number of carbonyl (C=O) groups is 1. The maximum absolute atomic E-state index is 12.7. The van der Waals surface area contributed by atoms with Crippen molar-refractivity contribution in [1.29, 1.82) is 0 Å². The van der Waals surface area contributed by atoms with E-state index in [0.29, 0.717) is 52.6 Å². The number of ether oxygens (including phenoxy) is 3. The van der Waals surface area contributed by atoms with Gasteiger partial charge >= 0.3 is 5.97 Å². The molecule has 5 rings (SSSR count). The summed E-state index contributed by atoms with van der Waals surface area (Å²) in [6, 6.07) is 12.9.